The molecule has 33 heavy (non-hydrogen) atoms. The molecule has 0 aromatic heterocycles. The van der Waals surface area contributed by atoms with Gasteiger partial charge in [-0.2, -0.15) is 0 Å². The Balaban J connectivity index is 1.36. The minimum absolute atomic E-state index is 0.0739. The standard InChI is InChI=1S/C27H34N2O4/c1-19-24-11-6-13-27(19,21-9-5-10-22(30)18-21)14-16-29(24)15-12-25(31)28-23(26(32)33)17-20-7-3-2-4-8-20/h2-5,7-10,18-19,23-24,30H,6,11-17H2,1H3,(H,28,31)(H,32,33). The highest BCUT2D eigenvalue weighted by Crippen LogP contribution is 2.51. The first-order valence-corrected chi connectivity index (χ1v) is 12.0. The third kappa shape index (κ3) is 5.06. The number of hydrogen-bond acceptors (Lipinski definition) is 4. The van der Waals surface area contributed by atoms with Crippen LogP contribution in [-0.2, 0) is 21.4 Å². The van der Waals surface area contributed by atoms with E-state index in [0.717, 1.165) is 37.8 Å². The number of nitrogens with one attached hydrogen (secondary N) is 1. The minimum Gasteiger partial charge on any atom is -0.508 e. The molecule has 1 heterocycles. The van der Waals surface area contributed by atoms with Crippen molar-refractivity contribution < 1.29 is 19.8 Å². The van der Waals surface area contributed by atoms with Crippen LogP contribution in [0.4, 0.5) is 0 Å². The lowest BCUT2D eigenvalue weighted by molar-refractivity contribution is -0.141. The third-order valence-corrected chi connectivity index (χ3v) is 7.85. The normalized spacial score (nSPS) is 25.8. The fourth-order valence-corrected chi connectivity index (χ4v) is 6.04. The molecule has 1 saturated carbocycles. The first-order chi connectivity index (χ1) is 15.9. The maximum Gasteiger partial charge on any atom is 0.326 e. The predicted molar refractivity (Wildman–Crippen MR) is 127 cm³/mol. The van der Waals surface area contributed by atoms with Crippen molar-refractivity contribution in [3.05, 3.63) is 65.7 Å². The molecule has 1 saturated heterocycles. The van der Waals surface area contributed by atoms with Gasteiger partial charge in [0.15, 0.2) is 0 Å². The number of phenols is 1. The summed E-state index contributed by atoms with van der Waals surface area (Å²) in [5, 5.41) is 22.3. The van der Waals surface area contributed by atoms with E-state index in [-0.39, 0.29) is 17.7 Å². The molecule has 2 aliphatic rings. The Morgan fingerprint density at radius 3 is 2.67 bits per heavy atom. The lowest BCUT2D eigenvalue weighted by Gasteiger charge is -2.55. The average Bonchev–Trinajstić information content (AvgIpc) is 2.79. The molecule has 2 aromatic carbocycles. The number of amides is 1. The van der Waals surface area contributed by atoms with Crippen LogP contribution in [0.5, 0.6) is 5.75 Å². The molecule has 0 radical (unpaired) electrons. The number of piperidine rings is 1. The second-order valence-electron chi connectivity index (χ2n) is 9.64. The Morgan fingerprint density at radius 1 is 1.15 bits per heavy atom. The molecule has 1 aliphatic carbocycles. The summed E-state index contributed by atoms with van der Waals surface area (Å²) in [7, 11) is 0. The molecule has 0 spiro atoms. The van der Waals surface area contributed by atoms with Crippen LogP contribution in [0.25, 0.3) is 0 Å². The fourth-order valence-electron chi connectivity index (χ4n) is 6.04. The summed E-state index contributed by atoms with van der Waals surface area (Å²) in [5.41, 5.74) is 2.19. The Bertz CT molecular complexity index is 979. The van der Waals surface area contributed by atoms with Gasteiger partial charge in [0.2, 0.25) is 5.91 Å². The smallest absolute Gasteiger partial charge is 0.326 e. The number of hydrogen-bond donors (Lipinski definition) is 3. The maximum absolute atomic E-state index is 12.6. The molecule has 2 fully saturated rings. The van der Waals surface area contributed by atoms with Crippen molar-refractivity contribution >= 4 is 11.9 Å². The fraction of sp³-hybridized carbons (Fsp3) is 0.481. The number of phenolic OH excluding ortho intramolecular Hbond substituents is 1. The number of nitrogens with zero attached hydrogens (tertiary/aromatic N) is 1. The van der Waals surface area contributed by atoms with Crippen LogP contribution in [0, 0.1) is 5.92 Å². The van der Waals surface area contributed by atoms with Crippen LogP contribution < -0.4 is 5.32 Å². The molecule has 4 rings (SSSR count). The minimum atomic E-state index is -1.01. The Hall–Kier alpha value is -2.86. The zero-order valence-corrected chi connectivity index (χ0v) is 19.2. The highest BCUT2D eigenvalue weighted by molar-refractivity contribution is 5.83. The first kappa shape index (κ1) is 23.3. The summed E-state index contributed by atoms with van der Waals surface area (Å²) in [6.07, 6.45) is 4.93. The van der Waals surface area contributed by atoms with E-state index in [1.54, 1.807) is 6.07 Å². The van der Waals surface area contributed by atoms with Gasteiger partial charge in [0, 0.05) is 30.8 Å². The quantitative estimate of drug-likeness (QED) is 0.570. The van der Waals surface area contributed by atoms with Gasteiger partial charge >= 0.3 is 5.97 Å². The molecule has 176 valence electrons. The van der Waals surface area contributed by atoms with Gasteiger partial charge < -0.3 is 15.5 Å². The Kier molecular flexibility index (Phi) is 7.03. The monoisotopic (exact) mass is 450 g/mol. The van der Waals surface area contributed by atoms with Crippen molar-refractivity contribution in [2.75, 3.05) is 13.1 Å². The third-order valence-electron chi connectivity index (χ3n) is 7.85. The van der Waals surface area contributed by atoms with Gasteiger partial charge in [0.05, 0.1) is 0 Å². The number of carboxylic acid groups (broad SMARTS) is 1. The largest absolute Gasteiger partial charge is 0.508 e. The molecule has 1 aliphatic heterocycles. The van der Waals surface area contributed by atoms with Crippen LogP contribution in [0.1, 0.15) is 50.2 Å². The number of likely N-dealkylation sites (tertiary alicyclic amines) is 1. The molecule has 4 unspecified atom stereocenters. The zero-order valence-electron chi connectivity index (χ0n) is 19.2. The summed E-state index contributed by atoms with van der Waals surface area (Å²) in [5.74, 6) is -0.484. The molecule has 6 nitrogen and oxygen atoms in total. The van der Waals surface area contributed by atoms with E-state index in [2.05, 4.69) is 23.2 Å². The number of rotatable bonds is 8. The summed E-state index contributed by atoms with van der Waals surface area (Å²) in [6, 6.07) is 16.6. The van der Waals surface area contributed by atoms with Gasteiger partial charge in [0.1, 0.15) is 11.8 Å². The van der Waals surface area contributed by atoms with Crippen LogP contribution in [0.15, 0.2) is 54.6 Å². The SMILES string of the molecule is CC1C2CCCC1(c1cccc(O)c1)CCN2CCC(=O)NC(Cc1ccccc1)C(=O)O. The Morgan fingerprint density at radius 2 is 1.94 bits per heavy atom. The zero-order chi connectivity index (χ0) is 23.4. The summed E-state index contributed by atoms with van der Waals surface area (Å²) in [6.45, 7) is 3.85. The topological polar surface area (TPSA) is 89.9 Å². The molecule has 6 heteroatoms. The molecule has 1 amide bonds. The highest BCUT2D eigenvalue weighted by atomic mass is 16.4. The summed E-state index contributed by atoms with van der Waals surface area (Å²) < 4.78 is 0. The second kappa shape index (κ2) is 9.96. The summed E-state index contributed by atoms with van der Waals surface area (Å²) in [4.78, 5) is 26.7. The number of aliphatic carboxylic acids is 1. The van der Waals surface area contributed by atoms with E-state index in [9.17, 15) is 19.8 Å². The second-order valence-corrected chi connectivity index (χ2v) is 9.64. The van der Waals surface area contributed by atoms with E-state index < -0.39 is 12.0 Å². The van der Waals surface area contributed by atoms with Crippen molar-refractivity contribution in [1.82, 2.24) is 10.2 Å². The van der Waals surface area contributed by atoms with E-state index in [1.807, 2.05) is 42.5 Å². The van der Waals surface area contributed by atoms with E-state index in [4.69, 9.17) is 0 Å². The number of aromatic hydroxyl groups is 1. The molecular weight excluding hydrogens is 416 g/mol. The number of carbonyl (C=O) groups is 2. The van der Waals surface area contributed by atoms with Crippen LogP contribution in [0.3, 0.4) is 0 Å². The highest BCUT2D eigenvalue weighted by Gasteiger charge is 2.49. The first-order valence-electron chi connectivity index (χ1n) is 12.0. The van der Waals surface area contributed by atoms with Gasteiger partial charge in [-0.3, -0.25) is 9.69 Å². The van der Waals surface area contributed by atoms with E-state index in [0.29, 0.717) is 30.7 Å². The van der Waals surface area contributed by atoms with Gasteiger partial charge in [0.25, 0.3) is 0 Å². The van der Waals surface area contributed by atoms with Crippen LogP contribution in [-0.4, -0.2) is 52.2 Å². The molecule has 2 aromatic rings. The maximum atomic E-state index is 12.6. The van der Waals surface area contributed by atoms with Crippen LogP contribution in [0.2, 0.25) is 0 Å². The lowest BCUT2D eigenvalue weighted by Crippen LogP contribution is -2.58. The van der Waals surface area contributed by atoms with E-state index in [1.165, 1.54) is 5.56 Å². The summed E-state index contributed by atoms with van der Waals surface area (Å²) >= 11 is 0. The van der Waals surface area contributed by atoms with Crippen molar-refractivity contribution in [3.63, 3.8) is 0 Å². The number of benzene rings is 2. The molecular formula is C27H34N2O4. The molecule has 3 N–H and O–H groups in total. The predicted octanol–water partition coefficient (Wildman–Crippen LogP) is 3.73. The van der Waals surface area contributed by atoms with Gasteiger partial charge in [-0.25, -0.2) is 4.79 Å². The van der Waals surface area contributed by atoms with Gasteiger partial charge in [-0.1, -0.05) is 55.8 Å². The number of carbonyl (C=O) groups excluding carboxylic acids is 1. The number of carboxylic acids is 1. The van der Waals surface area contributed by atoms with Gasteiger partial charge in [-0.15, -0.1) is 0 Å². The van der Waals surface area contributed by atoms with Crippen molar-refractivity contribution in [2.45, 2.75) is 62.9 Å². The Labute approximate surface area is 195 Å². The number of fused-ring (bicyclic) bond motifs is 2. The molecule has 4 atom stereocenters. The van der Waals surface area contributed by atoms with Gasteiger partial charge in [-0.05, 0) is 55.0 Å². The van der Waals surface area contributed by atoms with Crippen molar-refractivity contribution in [2.24, 2.45) is 5.92 Å². The van der Waals surface area contributed by atoms with Crippen LogP contribution >= 0.6 is 0 Å². The molecule has 2 bridgehead atoms. The van der Waals surface area contributed by atoms with Crippen molar-refractivity contribution in [1.29, 1.82) is 0 Å². The van der Waals surface area contributed by atoms with Crippen molar-refractivity contribution in [3.8, 4) is 5.75 Å². The van der Waals surface area contributed by atoms with E-state index >= 15 is 0 Å². The average molecular weight is 451 g/mol. The lowest BCUT2D eigenvalue weighted by atomic mass is 9.57.